The van der Waals surface area contributed by atoms with E-state index in [2.05, 4.69) is 11.9 Å². The summed E-state index contributed by atoms with van der Waals surface area (Å²) >= 11 is 0. The van der Waals surface area contributed by atoms with E-state index in [9.17, 15) is 9.70 Å². The molecule has 0 fully saturated rings. The van der Waals surface area contributed by atoms with Crippen LogP contribution in [0.25, 0.3) is 0 Å². The lowest BCUT2D eigenvalue weighted by Crippen LogP contribution is -2.07. The summed E-state index contributed by atoms with van der Waals surface area (Å²) in [7, 11) is -2.21. The number of carbonyl (C=O) groups excluding carboxylic acids is 1. The van der Waals surface area contributed by atoms with Crippen LogP contribution in [0, 0.1) is 4.91 Å². The van der Waals surface area contributed by atoms with Gasteiger partial charge in [-0.25, -0.2) is 0 Å². The van der Waals surface area contributed by atoms with Crippen molar-refractivity contribution >= 4 is 14.5 Å². The van der Waals surface area contributed by atoms with Crippen LogP contribution in [0.4, 0.5) is 0 Å². The van der Waals surface area contributed by atoms with E-state index in [1.165, 1.54) is 77.0 Å². The zero-order chi connectivity index (χ0) is 20.0. The van der Waals surface area contributed by atoms with E-state index in [1.807, 2.05) is 0 Å². The van der Waals surface area contributed by atoms with Gasteiger partial charge in [0.05, 0.1) is 13.2 Å². The lowest BCUT2D eigenvalue weighted by Gasteiger charge is -2.06. The van der Waals surface area contributed by atoms with Gasteiger partial charge >= 0.3 is 14.5 Å². The highest BCUT2D eigenvalue weighted by Crippen LogP contribution is 2.31. The van der Waals surface area contributed by atoms with Crippen LogP contribution in [-0.4, -0.2) is 24.1 Å². The number of nitroso groups, excluding NO2 is 1. The molecule has 0 bridgehead atoms. The Bertz CT molecular complexity index is 344. The Kier molecular flexibility index (Phi) is 21.3. The number of carbonyl (C=O) groups is 1. The van der Waals surface area contributed by atoms with Crippen LogP contribution in [0.15, 0.2) is 4.95 Å². The van der Waals surface area contributed by atoms with Crippen molar-refractivity contribution in [2.75, 3.05) is 13.2 Å². The largest absolute Gasteiger partial charge is 0.466 e. The van der Waals surface area contributed by atoms with E-state index in [0.717, 1.165) is 12.8 Å². The molecule has 0 aromatic rings. The molecule has 0 heterocycles. The minimum Gasteiger partial charge on any atom is -0.466 e. The van der Waals surface area contributed by atoms with Crippen LogP contribution >= 0.6 is 8.53 Å². The molecule has 1 unspecified atom stereocenters. The van der Waals surface area contributed by atoms with E-state index >= 15 is 0 Å². The average Bonchev–Trinajstić information content (AvgIpc) is 2.67. The first-order valence-corrected chi connectivity index (χ1v) is 12.0. The molecule has 7 heteroatoms. The highest BCUT2D eigenvalue weighted by molar-refractivity contribution is 7.44. The zero-order valence-electron chi connectivity index (χ0n) is 17.2. The molecule has 0 saturated carbocycles. The van der Waals surface area contributed by atoms with Gasteiger partial charge in [0, 0.05) is 17.8 Å². The summed E-state index contributed by atoms with van der Waals surface area (Å²) in [5.41, 5.74) is 0. The van der Waals surface area contributed by atoms with Crippen LogP contribution < -0.4 is 0 Å². The van der Waals surface area contributed by atoms with E-state index in [1.54, 1.807) is 0 Å². The molecule has 0 aromatic carbocycles. The molecule has 6 nitrogen and oxygen atoms in total. The third-order valence-electron chi connectivity index (χ3n) is 4.56. The van der Waals surface area contributed by atoms with E-state index in [4.69, 9.17) is 14.2 Å². The molecule has 160 valence electrons. The van der Waals surface area contributed by atoms with E-state index < -0.39 is 8.53 Å². The van der Waals surface area contributed by atoms with Gasteiger partial charge in [0.25, 0.3) is 0 Å². The number of nitrogens with zero attached hydrogens (tertiary/aromatic N) is 1. The van der Waals surface area contributed by atoms with Crippen molar-refractivity contribution in [3.63, 3.8) is 0 Å². The maximum Gasteiger partial charge on any atom is 0.349 e. The molecule has 1 atom stereocenters. The summed E-state index contributed by atoms with van der Waals surface area (Å²) in [5.74, 6) is -0.186. The number of esters is 1. The second-order valence-corrected chi connectivity index (χ2v) is 8.01. The predicted molar refractivity (Wildman–Crippen MR) is 111 cm³/mol. The van der Waals surface area contributed by atoms with Crippen molar-refractivity contribution in [1.29, 1.82) is 0 Å². The fourth-order valence-corrected chi connectivity index (χ4v) is 3.29. The van der Waals surface area contributed by atoms with Gasteiger partial charge < -0.3 is 14.2 Å². The van der Waals surface area contributed by atoms with Gasteiger partial charge in [-0.05, 0) is 6.42 Å². The summed E-state index contributed by atoms with van der Waals surface area (Å²) in [4.78, 5) is 32.6. The first kappa shape index (κ1) is 26.4. The van der Waals surface area contributed by atoms with Crippen LogP contribution in [0.1, 0.15) is 110 Å². The number of ether oxygens (including phenoxy) is 1. The maximum atomic E-state index is 11.5. The monoisotopic (exact) mass is 405 g/mol. The fourth-order valence-electron chi connectivity index (χ4n) is 2.95. The van der Waals surface area contributed by atoms with Crippen molar-refractivity contribution in [2.24, 2.45) is 4.95 Å². The fraction of sp³-hybridized carbons (Fsp3) is 0.950. The quantitative estimate of drug-likeness (QED) is 0.0983. The molecule has 27 heavy (non-hydrogen) atoms. The summed E-state index contributed by atoms with van der Waals surface area (Å²) in [6.07, 6.45) is 19.1. The van der Waals surface area contributed by atoms with Crippen molar-refractivity contribution in [3.8, 4) is 0 Å². The van der Waals surface area contributed by atoms with E-state index in [-0.39, 0.29) is 19.2 Å². The Hall–Kier alpha value is -0.580. The Morgan fingerprint density at radius 1 is 0.778 bits per heavy atom. The molecule has 0 amide bonds. The second kappa shape index (κ2) is 21.7. The average molecular weight is 406 g/mol. The minimum atomic E-state index is -2.21. The first-order valence-electron chi connectivity index (χ1n) is 10.8. The van der Waals surface area contributed by atoms with Crippen LogP contribution in [0.5, 0.6) is 0 Å². The van der Waals surface area contributed by atoms with Gasteiger partial charge in [0.15, 0.2) is 0 Å². The SMILES string of the molecule is CCCCCCCCCCCCCCCCC(=O)OCCCOP(O)N=O. The van der Waals surface area contributed by atoms with Gasteiger partial charge in [0.2, 0.25) is 0 Å². The highest BCUT2D eigenvalue weighted by atomic mass is 31.2. The minimum absolute atomic E-state index is 0.167. The molecule has 1 N–H and O–H groups in total. The molecule has 0 rings (SSSR count). The van der Waals surface area contributed by atoms with Crippen molar-refractivity contribution in [3.05, 3.63) is 4.91 Å². The van der Waals surface area contributed by atoms with Gasteiger partial charge in [-0.1, -0.05) is 90.4 Å². The van der Waals surface area contributed by atoms with Gasteiger partial charge in [0.1, 0.15) is 0 Å². The summed E-state index contributed by atoms with van der Waals surface area (Å²) in [6, 6.07) is 0. The van der Waals surface area contributed by atoms with Gasteiger partial charge in [-0.15, -0.1) is 4.91 Å². The predicted octanol–water partition coefficient (Wildman–Crippen LogP) is 6.79. The number of hydrogen-bond donors (Lipinski definition) is 1. The van der Waals surface area contributed by atoms with Crippen molar-refractivity contribution in [1.82, 2.24) is 0 Å². The van der Waals surface area contributed by atoms with Crippen molar-refractivity contribution in [2.45, 2.75) is 110 Å². The number of rotatable bonds is 21. The maximum absolute atomic E-state index is 11.5. The molecule has 0 aliphatic carbocycles. The van der Waals surface area contributed by atoms with Crippen LogP contribution in [0.3, 0.4) is 0 Å². The molecule has 0 radical (unpaired) electrons. The lowest BCUT2D eigenvalue weighted by atomic mass is 10.0. The molecule has 0 spiro atoms. The van der Waals surface area contributed by atoms with Gasteiger partial charge in [-0.2, -0.15) is 0 Å². The Balaban J connectivity index is 3.17. The topological polar surface area (TPSA) is 85.2 Å². The van der Waals surface area contributed by atoms with Crippen LogP contribution in [0.2, 0.25) is 0 Å². The molecule has 0 aliphatic heterocycles. The second-order valence-electron chi connectivity index (χ2n) is 7.09. The Labute approximate surface area is 166 Å². The Morgan fingerprint density at radius 2 is 1.26 bits per heavy atom. The normalized spacial score (nSPS) is 12.1. The lowest BCUT2D eigenvalue weighted by molar-refractivity contribution is -0.144. The number of unbranched alkanes of at least 4 members (excludes halogenated alkanes) is 13. The molecule has 0 aliphatic rings. The third-order valence-corrected chi connectivity index (χ3v) is 5.12. The Morgan fingerprint density at radius 3 is 1.74 bits per heavy atom. The summed E-state index contributed by atoms with van der Waals surface area (Å²) in [6.45, 7) is 2.68. The summed E-state index contributed by atoms with van der Waals surface area (Å²) < 4.78 is 9.78. The molecule has 0 aromatic heterocycles. The first-order chi connectivity index (χ1) is 13.2. The molecular formula is C20H40NO5P. The summed E-state index contributed by atoms with van der Waals surface area (Å²) in [5, 5.41) is 0. The van der Waals surface area contributed by atoms with Gasteiger partial charge in [-0.3, -0.25) is 4.79 Å². The molecular weight excluding hydrogens is 365 g/mol. The zero-order valence-corrected chi connectivity index (χ0v) is 18.1. The standard InChI is InChI=1S/C20H40NO5P/c1-2-3-4-5-6-7-8-9-10-11-12-13-14-15-17-20(22)25-18-16-19-26-27(24)21-23/h24H,2-19H2,1H3. The number of hydrogen-bond acceptors (Lipinski definition) is 6. The molecule has 0 saturated heterocycles. The van der Waals surface area contributed by atoms with Crippen LogP contribution in [-0.2, 0) is 14.1 Å². The van der Waals surface area contributed by atoms with Crippen molar-refractivity contribution < 1.29 is 18.9 Å². The third kappa shape index (κ3) is 21.6. The van der Waals surface area contributed by atoms with E-state index in [0.29, 0.717) is 12.8 Å². The smallest absolute Gasteiger partial charge is 0.349 e. The highest BCUT2D eigenvalue weighted by Gasteiger charge is 2.05.